The van der Waals surface area contributed by atoms with Crippen LogP contribution < -0.4 is 5.32 Å². The van der Waals surface area contributed by atoms with Crippen LogP contribution in [-0.2, 0) is 6.42 Å². The molecule has 0 aliphatic carbocycles. The first kappa shape index (κ1) is 15.1. The molecule has 0 bridgehead atoms. The van der Waals surface area contributed by atoms with Gasteiger partial charge in [-0.3, -0.25) is 4.79 Å². The van der Waals surface area contributed by atoms with Gasteiger partial charge in [0, 0.05) is 37.4 Å². The summed E-state index contributed by atoms with van der Waals surface area (Å²) in [5, 5.41) is 3.43. The van der Waals surface area contributed by atoms with Crippen molar-refractivity contribution in [1.82, 2.24) is 14.9 Å². The van der Waals surface area contributed by atoms with E-state index in [1.807, 2.05) is 23.1 Å². The summed E-state index contributed by atoms with van der Waals surface area (Å²) in [4.78, 5) is 23.5. The van der Waals surface area contributed by atoms with Crippen molar-refractivity contribution in [2.45, 2.75) is 31.6 Å². The molecular formula is C19H22N4O. The number of nitrogens with one attached hydrogen (secondary N) is 1. The van der Waals surface area contributed by atoms with Gasteiger partial charge in [-0.1, -0.05) is 12.1 Å². The van der Waals surface area contributed by atoms with Crippen molar-refractivity contribution in [3.05, 3.63) is 53.6 Å². The minimum Gasteiger partial charge on any atom is -0.384 e. The van der Waals surface area contributed by atoms with Crippen LogP contribution in [0.15, 0.2) is 36.8 Å². The van der Waals surface area contributed by atoms with E-state index < -0.39 is 0 Å². The summed E-state index contributed by atoms with van der Waals surface area (Å²) in [6.07, 6.45) is 7.64. The molecule has 5 heteroatoms. The number of likely N-dealkylation sites (tertiary alicyclic amines) is 1. The molecule has 1 amide bonds. The second-order valence-corrected chi connectivity index (χ2v) is 6.59. The highest BCUT2D eigenvalue weighted by Crippen LogP contribution is 2.30. The average molecular weight is 322 g/mol. The Hall–Kier alpha value is -2.43. The molecule has 1 aromatic carbocycles. The van der Waals surface area contributed by atoms with Crippen LogP contribution in [0.1, 0.15) is 46.8 Å². The highest BCUT2D eigenvalue weighted by Gasteiger charge is 2.28. The number of carbonyl (C=O) groups excluding carboxylic acids is 1. The van der Waals surface area contributed by atoms with Crippen LogP contribution in [0.5, 0.6) is 0 Å². The van der Waals surface area contributed by atoms with E-state index in [2.05, 4.69) is 21.4 Å². The van der Waals surface area contributed by atoms with Gasteiger partial charge in [0.05, 0.1) is 11.3 Å². The molecule has 24 heavy (non-hydrogen) atoms. The Balaban J connectivity index is 1.56. The van der Waals surface area contributed by atoms with Crippen LogP contribution in [-0.4, -0.2) is 40.4 Å². The van der Waals surface area contributed by atoms with Crippen molar-refractivity contribution in [1.29, 1.82) is 0 Å². The molecule has 4 rings (SSSR count). The Labute approximate surface area is 142 Å². The number of fused-ring (bicyclic) bond motifs is 1. The number of hydrogen-bond acceptors (Lipinski definition) is 4. The summed E-state index contributed by atoms with van der Waals surface area (Å²) in [6.45, 7) is 2.50. The monoisotopic (exact) mass is 322 g/mol. The quantitative estimate of drug-likeness (QED) is 0.924. The number of aryl methyl sites for hydroxylation is 1. The number of benzene rings is 1. The van der Waals surface area contributed by atoms with E-state index in [-0.39, 0.29) is 5.91 Å². The van der Waals surface area contributed by atoms with Crippen molar-refractivity contribution in [3.63, 3.8) is 0 Å². The Kier molecular flexibility index (Phi) is 4.15. The van der Waals surface area contributed by atoms with Crippen molar-refractivity contribution in [2.24, 2.45) is 0 Å². The van der Waals surface area contributed by atoms with Crippen molar-refractivity contribution >= 4 is 11.6 Å². The fraction of sp³-hybridized carbons (Fsp3) is 0.421. The van der Waals surface area contributed by atoms with E-state index in [4.69, 9.17) is 0 Å². The Morgan fingerprint density at radius 1 is 1.25 bits per heavy atom. The lowest BCUT2D eigenvalue weighted by Crippen LogP contribution is -2.39. The SMILES string of the molecule is O=C(c1cccc2c1NCCC2)N1CCC[C@@H](c2ccncn2)C1. The molecule has 1 atom stereocenters. The number of rotatable bonds is 2. The van der Waals surface area contributed by atoms with Crippen molar-refractivity contribution in [3.8, 4) is 0 Å². The van der Waals surface area contributed by atoms with Crippen molar-refractivity contribution < 1.29 is 4.79 Å². The molecule has 1 aromatic heterocycles. The number of anilines is 1. The predicted molar refractivity (Wildman–Crippen MR) is 93.2 cm³/mol. The fourth-order valence-corrected chi connectivity index (χ4v) is 3.80. The normalized spacial score (nSPS) is 20.2. The molecule has 0 saturated carbocycles. The zero-order valence-electron chi connectivity index (χ0n) is 13.7. The van der Waals surface area contributed by atoms with E-state index in [9.17, 15) is 4.79 Å². The van der Waals surface area contributed by atoms with Gasteiger partial charge >= 0.3 is 0 Å². The summed E-state index contributed by atoms with van der Waals surface area (Å²) in [5.74, 6) is 0.443. The number of carbonyl (C=O) groups is 1. The molecule has 1 fully saturated rings. The van der Waals surface area contributed by atoms with Gasteiger partial charge in [0.25, 0.3) is 5.91 Å². The molecule has 0 spiro atoms. The van der Waals surface area contributed by atoms with Crippen LogP contribution >= 0.6 is 0 Å². The molecule has 5 nitrogen and oxygen atoms in total. The van der Waals surface area contributed by atoms with Gasteiger partial charge in [-0.15, -0.1) is 0 Å². The van der Waals surface area contributed by atoms with E-state index in [1.165, 1.54) is 5.56 Å². The first-order chi connectivity index (χ1) is 11.8. The summed E-state index contributed by atoms with van der Waals surface area (Å²) >= 11 is 0. The van der Waals surface area contributed by atoms with E-state index >= 15 is 0 Å². The van der Waals surface area contributed by atoms with Gasteiger partial charge in [0.15, 0.2) is 0 Å². The van der Waals surface area contributed by atoms with Crippen molar-refractivity contribution in [2.75, 3.05) is 25.0 Å². The molecule has 1 N–H and O–H groups in total. The average Bonchev–Trinajstić information content (AvgIpc) is 2.68. The number of para-hydroxylation sites is 1. The number of aromatic nitrogens is 2. The number of nitrogens with zero attached hydrogens (tertiary/aromatic N) is 3. The minimum absolute atomic E-state index is 0.139. The topological polar surface area (TPSA) is 58.1 Å². The third-order valence-corrected chi connectivity index (χ3v) is 5.04. The standard InChI is InChI=1S/C19H22N4O/c24-19(16-7-1-4-14-5-2-9-21-18(14)16)23-11-3-6-15(12-23)17-8-10-20-13-22-17/h1,4,7-8,10,13,15,21H,2-3,5-6,9,11-12H2/t15-/m1/s1. The maximum atomic E-state index is 13.1. The van der Waals surface area contributed by atoms with Crippen LogP contribution in [0.25, 0.3) is 0 Å². The molecule has 2 aliphatic heterocycles. The lowest BCUT2D eigenvalue weighted by atomic mass is 9.93. The predicted octanol–water partition coefficient (Wildman–Crippen LogP) is 2.85. The second kappa shape index (κ2) is 6.59. The summed E-state index contributed by atoms with van der Waals surface area (Å²) in [6, 6.07) is 8.04. The largest absolute Gasteiger partial charge is 0.384 e. The van der Waals surface area contributed by atoms with Crippen LogP contribution in [0.2, 0.25) is 0 Å². The van der Waals surface area contributed by atoms with Gasteiger partial charge in [-0.05, 0) is 43.4 Å². The molecule has 124 valence electrons. The Morgan fingerprint density at radius 2 is 2.21 bits per heavy atom. The third kappa shape index (κ3) is 2.86. The van der Waals surface area contributed by atoms with Gasteiger partial charge < -0.3 is 10.2 Å². The molecule has 2 aromatic rings. The minimum atomic E-state index is 0.139. The summed E-state index contributed by atoms with van der Waals surface area (Å²) in [5.41, 5.74) is 4.15. The van der Waals surface area contributed by atoms with E-state index in [0.717, 1.165) is 62.3 Å². The molecule has 2 aliphatic rings. The molecular weight excluding hydrogens is 300 g/mol. The summed E-state index contributed by atoms with van der Waals surface area (Å²) < 4.78 is 0. The molecule has 3 heterocycles. The molecule has 0 radical (unpaired) electrons. The lowest BCUT2D eigenvalue weighted by Gasteiger charge is -2.33. The first-order valence-electron chi connectivity index (χ1n) is 8.74. The maximum Gasteiger partial charge on any atom is 0.255 e. The fourth-order valence-electron chi connectivity index (χ4n) is 3.80. The smallest absolute Gasteiger partial charge is 0.255 e. The van der Waals surface area contributed by atoms with Crippen LogP contribution in [0.4, 0.5) is 5.69 Å². The zero-order valence-corrected chi connectivity index (χ0v) is 13.7. The Bertz CT molecular complexity index is 731. The number of piperidine rings is 1. The highest BCUT2D eigenvalue weighted by atomic mass is 16.2. The van der Waals surface area contributed by atoms with E-state index in [1.54, 1.807) is 12.5 Å². The number of hydrogen-bond donors (Lipinski definition) is 1. The number of amides is 1. The molecule has 0 unspecified atom stereocenters. The van der Waals surface area contributed by atoms with Gasteiger partial charge in [-0.25, -0.2) is 9.97 Å². The zero-order chi connectivity index (χ0) is 16.4. The van der Waals surface area contributed by atoms with Gasteiger partial charge in [0.2, 0.25) is 0 Å². The van der Waals surface area contributed by atoms with Gasteiger partial charge in [0.1, 0.15) is 6.33 Å². The third-order valence-electron chi connectivity index (χ3n) is 5.04. The molecule has 1 saturated heterocycles. The second-order valence-electron chi connectivity index (χ2n) is 6.59. The highest BCUT2D eigenvalue weighted by molar-refractivity contribution is 6.00. The Morgan fingerprint density at radius 3 is 3.08 bits per heavy atom. The lowest BCUT2D eigenvalue weighted by molar-refractivity contribution is 0.0706. The van der Waals surface area contributed by atoms with Crippen LogP contribution in [0.3, 0.4) is 0 Å². The maximum absolute atomic E-state index is 13.1. The van der Waals surface area contributed by atoms with E-state index in [0.29, 0.717) is 5.92 Å². The van der Waals surface area contributed by atoms with Gasteiger partial charge in [-0.2, -0.15) is 0 Å². The first-order valence-corrected chi connectivity index (χ1v) is 8.74. The van der Waals surface area contributed by atoms with Crippen LogP contribution in [0, 0.1) is 0 Å². The summed E-state index contributed by atoms with van der Waals surface area (Å²) in [7, 11) is 0.